The van der Waals surface area contributed by atoms with E-state index < -0.39 is 65.7 Å². The first kappa shape index (κ1) is 35.4. The Kier molecular flexibility index (Phi) is 11.3. The number of nitrogens with zero attached hydrogens (tertiary/aromatic N) is 1. The van der Waals surface area contributed by atoms with Crippen LogP contribution in [0.4, 0.5) is 4.79 Å². The number of hydrogen-bond acceptors (Lipinski definition) is 10. The van der Waals surface area contributed by atoms with Crippen LogP contribution < -0.4 is 5.32 Å². The molecule has 1 N–H and O–H groups in total. The minimum absolute atomic E-state index is 0.0626. The summed E-state index contributed by atoms with van der Waals surface area (Å²) in [6.45, 7) is 8.81. The largest absolute Gasteiger partial charge is 0.462 e. The SMILES string of the molecule is COC1C[C@@H](C(=O)N[C@H](C(=O)OC(C)(C)C)C(C)[C@H](COC(C)=O)OC(C)=O)N(C(=O)OCC2c3ccccc3-c3ccccc32)C1. The quantitative estimate of drug-likeness (QED) is 0.279. The van der Waals surface area contributed by atoms with E-state index in [4.69, 9.17) is 23.7 Å². The molecule has 1 aliphatic carbocycles. The molecule has 12 heteroatoms. The van der Waals surface area contributed by atoms with Crippen LogP contribution in [0.1, 0.15) is 65.0 Å². The minimum atomic E-state index is -1.33. The third-order valence-corrected chi connectivity index (χ3v) is 8.31. The van der Waals surface area contributed by atoms with Crippen molar-refractivity contribution in [2.24, 2.45) is 5.92 Å². The van der Waals surface area contributed by atoms with Crippen LogP contribution in [0.15, 0.2) is 48.5 Å². The summed E-state index contributed by atoms with van der Waals surface area (Å²) in [4.78, 5) is 65.7. The van der Waals surface area contributed by atoms with Crippen LogP contribution in [-0.2, 0) is 42.9 Å². The van der Waals surface area contributed by atoms with Crippen molar-refractivity contribution in [1.82, 2.24) is 10.2 Å². The van der Waals surface area contributed by atoms with E-state index in [0.717, 1.165) is 22.3 Å². The zero-order valence-corrected chi connectivity index (χ0v) is 27.9. The van der Waals surface area contributed by atoms with Crippen molar-refractivity contribution in [3.05, 3.63) is 59.7 Å². The number of nitrogens with one attached hydrogen (secondary N) is 1. The highest BCUT2D eigenvalue weighted by atomic mass is 16.6. The molecule has 254 valence electrons. The first-order chi connectivity index (χ1) is 22.2. The molecule has 12 nitrogen and oxygen atoms in total. The topological polar surface area (TPSA) is 147 Å². The second-order valence-electron chi connectivity index (χ2n) is 12.9. The average Bonchev–Trinajstić information content (AvgIpc) is 3.59. The number of benzene rings is 2. The van der Waals surface area contributed by atoms with Crippen molar-refractivity contribution in [2.45, 2.75) is 83.8 Å². The normalized spacial score (nSPS) is 19.1. The van der Waals surface area contributed by atoms with E-state index in [-0.39, 0.29) is 32.1 Å². The molecule has 4 rings (SSSR count). The van der Waals surface area contributed by atoms with E-state index >= 15 is 0 Å². The number of likely N-dealkylation sites (tertiary alicyclic amines) is 1. The van der Waals surface area contributed by atoms with Crippen molar-refractivity contribution in [3.8, 4) is 11.1 Å². The maximum atomic E-state index is 13.9. The molecule has 0 bridgehead atoms. The van der Waals surface area contributed by atoms with Crippen LogP contribution in [0.25, 0.3) is 11.1 Å². The van der Waals surface area contributed by atoms with Crippen LogP contribution in [0.3, 0.4) is 0 Å². The molecule has 2 unspecified atom stereocenters. The lowest BCUT2D eigenvalue weighted by atomic mass is 9.94. The molecule has 1 aliphatic heterocycles. The Morgan fingerprint density at radius 3 is 2.04 bits per heavy atom. The molecule has 1 fully saturated rings. The molecule has 2 aromatic rings. The molecule has 2 aromatic carbocycles. The number of ether oxygens (including phenoxy) is 5. The molecule has 5 atom stereocenters. The molecule has 2 aliphatic rings. The summed E-state index contributed by atoms with van der Waals surface area (Å²) in [6.07, 6.45) is -2.08. The number of esters is 3. The van der Waals surface area contributed by atoms with Gasteiger partial charge < -0.3 is 29.0 Å². The Balaban J connectivity index is 1.53. The number of hydrogen-bond donors (Lipinski definition) is 1. The summed E-state index contributed by atoms with van der Waals surface area (Å²) < 4.78 is 27.4. The molecule has 2 amide bonds. The second-order valence-corrected chi connectivity index (χ2v) is 12.9. The van der Waals surface area contributed by atoms with Crippen molar-refractivity contribution in [1.29, 1.82) is 0 Å². The van der Waals surface area contributed by atoms with Gasteiger partial charge in [0, 0.05) is 39.2 Å². The highest BCUT2D eigenvalue weighted by Gasteiger charge is 2.44. The van der Waals surface area contributed by atoms with Gasteiger partial charge in [0.25, 0.3) is 0 Å². The first-order valence-electron chi connectivity index (χ1n) is 15.7. The van der Waals surface area contributed by atoms with E-state index in [1.165, 1.54) is 25.9 Å². The Labute approximate surface area is 275 Å². The third-order valence-electron chi connectivity index (χ3n) is 8.31. The molecule has 1 heterocycles. The Bertz CT molecular complexity index is 1440. The van der Waals surface area contributed by atoms with Crippen LogP contribution >= 0.6 is 0 Å². The van der Waals surface area contributed by atoms with Crippen LogP contribution in [0.5, 0.6) is 0 Å². The Hall–Kier alpha value is -4.45. The van der Waals surface area contributed by atoms with Crippen molar-refractivity contribution >= 4 is 29.9 Å². The fourth-order valence-corrected chi connectivity index (χ4v) is 6.04. The van der Waals surface area contributed by atoms with E-state index in [2.05, 4.69) is 5.32 Å². The Morgan fingerprint density at radius 1 is 0.915 bits per heavy atom. The van der Waals surface area contributed by atoms with Gasteiger partial charge in [-0.1, -0.05) is 55.5 Å². The van der Waals surface area contributed by atoms with Gasteiger partial charge in [-0.15, -0.1) is 0 Å². The maximum absolute atomic E-state index is 13.9. The smallest absolute Gasteiger partial charge is 0.410 e. The molecular formula is C35H44N2O10. The molecular weight excluding hydrogens is 608 g/mol. The fraction of sp³-hybridized carbons (Fsp3) is 0.514. The molecule has 47 heavy (non-hydrogen) atoms. The maximum Gasteiger partial charge on any atom is 0.410 e. The van der Waals surface area contributed by atoms with Gasteiger partial charge in [-0.05, 0) is 43.0 Å². The van der Waals surface area contributed by atoms with Crippen molar-refractivity contribution in [3.63, 3.8) is 0 Å². The zero-order valence-electron chi connectivity index (χ0n) is 27.9. The van der Waals surface area contributed by atoms with Gasteiger partial charge in [0.15, 0.2) is 0 Å². The first-order valence-corrected chi connectivity index (χ1v) is 15.7. The molecule has 1 saturated heterocycles. The van der Waals surface area contributed by atoms with E-state index in [9.17, 15) is 24.0 Å². The standard InChI is InChI=1S/C35H44N2O10/c1-20(30(46-22(3)39)19-44-21(2)38)31(33(41)47-35(4,5)6)36-32(40)29-16-23(43-7)17-37(29)34(42)45-18-28-26-14-10-8-12-24(26)25-13-9-11-15-27(25)28/h8-15,20,23,28-31H,16-19H2,1-7H3,(H,36,40)/t20?,23?,29-,30-,31-/m0/s1. The summed E-state index contributed by atoms with van der Waals surface area (Å²) >= 11 is 0. The average molecular weight is 653 g/mol. The molecule has 0 radical (unpaired) electrons. The lowest BCUT2D eigenvalue weighted by Gasteiger charge is -2.33. The number of carbonyl (C=O) groups excluding carboxylic acids is 5. The van der Waals surface area contributed by atoms with Gasteiger partial charge in [-0.3, -0.25) is 19.3 Å². The lowest BCUT2D eigenvalue weighted by molar-refractivity contribution is -0.168. The summed E-state index contributed by atoms with van der Waals surface area (Å²) in [5, 5.41) is 2.72. The van der Waals surface area contributed by atoms with Gasteiger partial charge in [0.05, 0.1) is 12.6 Å². The number of rotatable bonds is 11. The fourth-order valence-electron chi connectivity index (χ4n) is 6.04. The lowest BCUT2D eigenvalue weighted by Crippen LogP contribution is -2.56. The van der Waals surface area contributed by atoms with Crippen LogP contribution in [0, 0.1) is 5.92 Å². The second kappa shape index (κ2) is 15.0. The molecule has 0 spiro atoms. The summed E-state index contributed by atoms with van der Waals surface area (Å²) in [5.41, 5.74) is 3.37. The summed E-state index contributed by atoms with van der Waals surface area (Å²) in [6, 6.07) is 13.6. The molecule has 0 saturated carbocycles. The van der Waals surface area contributed by atoms with Gasteiger partial charge >= 0.3 is 24.0 Å². The third kappa shape index (κ3) is 8.68. The monoisotopic (exact) mass is 652 g/mol. The number of carbonyl (C=O) groups is 5. The van der Waals surface area contributed by atoms with Crippen LogP contribution in [-0.4, -0.2) is 91.6 Å². The number of fused-ring (bicyclic) bond motifs is 3. The molecule has 0 aromatic heterocycles. The summed E-state index contributed by atoms with van der Waals surface area (Å²) in [5.74, 6) is -3.76. The highest BCUT2D eigenvalue weighted by Crippen LogP contribution is 2.44. The predicted molar refractivity (Wildman–Crippen MR) is 170 cm³/mol. The highest BCUT2D eigenvalue weighted by molar-refractivity contribution is 5.90. The van der Waals surface area contributed by atoms with Crippen molar-refractivity contribution < 1.29 is 47.7 Å². The van der Waals surface area contributed by atoms with E-state index in [1.54, 1.807) is 27.7 Å². The number of amides is 2. The van der Waals surface area contributed by atoms with Crippen molar-refractivity contribution in [2.75, 3.05) is 26.9 Å². The van der Waals surface area contributed by atoms with E-state index in [0.29, 0.717) is 0 Å². The minimum Gasteiger partial charge on any atom is -0.462 e. The van der Waals surface area contributed by atoms with Gasteiger partial charge in [0.1, 0.15) is 37.0 Å². The van der Waals surface area contributed by atoms with Gasteiger partial charge in [-0.25, -0.2) is 9.59 Å². The Morgan fingerprint density at radius 2 is 1.51 bits per heavy atom. The van der Waals surface area contributed by atoms with E-state index in [1.807, 2.05) is 48.5 Å². The van der Waals surface area contributed by atoms with Gasteiger partial charge in [-0.2, -0.15) is 0 Å². The van der Waals surface area contributed by atoms with Gasteiger partial charge in [0.2, 0.25) is 5.91 Å². The zero-order chi connectivity index (χ0) is 34.5. The van der Waals surface area contributed by atoms with Crippen LogP contribution in [0.2, 0.25) is 0 Å². The predicted octanol–water partition coefficient (Wildman–Crippen LogP) is 3.98. The summed E-state index contributed by atoms with van der Waals surface area (Å²) in [7, 11) is 1.49. The number of methoxy groups -OCH3 is 1.